The number of amides is 2. The van der Waals surface area contributed by atoms with Crippen molar-refractivity contribution < 1.29 is 14.7 Å². The van der Waals surface area contributed by atoms with E-state index >= 15 is 0 Å². The van der Waals surface area contributed by atoms with Crippen LogP contribution in [0.3, 0.4) is 0 Å². The number of pyridine rings is 1. The minimum Gasteiger partial charge on any atom is -0.465 e. The largest absolute Gasteiger partial charge is 0.465 e. The quantitative estimate of drug-likeness (QED) is 0.883. The molecule has 6 nitrogen and oxygen atoms in total. The summed E-state index contributed by atoms with van der Waals surface area (Å²) in [6.07, 6.45) is 5.07. The first kappa shape index (κ1) is 13.9. The second kappa shape index (κ2) is 5.35. The van der Waals surface area contributed by atoms with Gasteiger partial charge in [0.1, 0.15) is 0 Å². The monoisotopic (exact) mass is 289 g/mol. The van der Waals surface area contributed by atoms with Gasteiger partial charge in [-0.3, -0.25) is 9.78 Å². The van der Waals surface area contributed by atoms with Gasteiger partial charge in [-0.15, -0.1) is 0 Å². The van der Waals surface area contributed by atoms with Gasteiger partial charge in [0, 0.05) is 37.9 Å². The molecule has 1 saturated carbocycles. The molecule has 2 aliphatic rings. The lowest BCUT2D eigenvalue weighted by Gasteiger charge is -2.30. The van der Waals surface area contributed by atoms with Crippen LogP contribution in [0, 0.1) is 11.3 Å². The summed E-state index contributed by atoms with van der Waals surface area (Å²) in [6.45, 7) is 1.59. The number of carbonyl (C=O) groups is 2. The molecular formula is C15H19N3O3. The molecule has 112 valence electrons. The fourth-order valence-electron chi connectivity index (χ4n) is 3.23. The Morgan fingerprint density at radius 3 is 2.81 bits per heavy atom. The van der Waals surface area contributed by atoms with Gasteiger partial charge in [0.05, 0.1) is 0 Å². The summed E-state index contributed by atoms with van der Waals surface area (Å²) >= 11 is 0. The maximum absolute atomic E-state index is 12.2. The van der Waals surface area contributed by atoms with E-state index in [0.717, 1.165) is 24.8 Å². The number of likely N-dealkylation sites (tertiary alicyclic amines) is 1. The number of nitrogens with zero attached hydrogens (tertiary/aromatic N) is 2. The molecule has 2 amide bonds. The van der Waals surface area contributed by atoms with Gasteiger partial charge < -0.3 is 15.3 Å². The maximum atomic E-state index is 12.2. The molecule has 3 rings (SSSR count). The van der Waals surface area contributed by atoms with Crippen LogP contribution in [0.5, 0.6) is 0 Å². The van der Waals surface area contributed by atoms with E-state index in [4.69, 9.17) is 5.11 Å². The van der Waals surface area contributed by atoms with Gasteiger partial charge in [0.2, 0.25) is 5.91 Å². The topological polar surface area (TPSA) is 82.5 Å². The predicted molar refractivity (Wildman–Crippen MR) is 75.5 cm³/mol. The van der Waals surface area contributed by atoms with Crippen molar-refractivity contribution in [1.29, 1.82) is 0 Å². The summed E-state index contributed by atoms with van der Waals surface area (Å²) < 4.78 is 0. The Morgan fingerprint density at radius 2 is 2.19 bits per heavy atom. The van der Waals surface area contributed by atoms with E-state index in [1.807, 2.05) is 12.1 Å². The molecule has 0 bridgehead atoms. The van der Waals surface area contributed by atoms with E-state index in [0.29, 0.717) is 19.6 Å². The van der Waals surface area contributed by atoms with Crippen molar-refractivity contribution in [2.24, 2.45) is 11.3 Å². The second-order valence-electron chi connectivity index (χ2n) is 5.97. The number of piperidine rings is 1. The van der Waals surface area contributed by atoms with Crippen molar-refractivity contribution in [1.82, 2.24) is 15.2 Å². The molecule has 1 saturated heterocycles. The Labute approximate surface area is 123 Å². The van der Waals surface area contributed by atoms with Crippen molar-refractivity contribution in [2.75, 3.05) is 13.1 Å². The van der Waals surface area contributed by atoms with E-state index in [-0.39, 0.29) is 17.2 Å². The minimum absolute atomic E-state index is 0.0464. The SMILES string of the molecule is O=C(NCc1cccnc1)[C@H]1CC12CCN(C(=O)O)CC2. The zero-order valence-corrected chi connectivity index (χ0v) is 11.8. The number of hydrogen-bond donors (Lipinski definition) is 2. The molecule has 1 aliphatic carbocycles. The van der Waals surface area contributed by atoms with Crippen LogP contribution in [-0.2, 0) is 11.3 Å². The molecule has 2 fully saturated rings. The Balaban J connectivity index is 1.49. The second-order valence-corrected chi connectivity index (χ2v) is 5.97. The van der Waals surface area contributed by atoms with Crippen LogP contribution in [0.2, 0.25) is 0 Å². The summed E-state index contributed by atoms with van der Waals surface area (Å²) in [5, 5.41) is 11.9. The van der Waals surface area contributed by atoms with Gasteiger partial charge in [0.15, 0.2) is 0 Å². The summed E-state index contributed by atoms with van der Waals surface area (Å²) in [5.74, 6) is 0.132. The van der Waals surface area contributed by atoms with Crippen LogP contribution in [-0.4, -0.2) is 40.1 Å². The molecule has 1 spiro atoms. The first-order valence-electron chi connectivity index (χ1n) is 7.25. The average Bonchev–Trinajstić information content (AvgIpc) is 3.20. The van der Waals surface area contributed by atoms with Gasteiger partial charge in [-0.25, -0.2) is 4.79 Å². The lowest BCUT2D eigenvalue weighted by molar-refractivity contribution is -0.123. The van der Waals surface area contributed by atoms with Crippen LogP contribution in [0.4, 0.5) is 4.79 Å². The van der Waals surface area contributed by atoms with E-state index in [2.05, 4.69) is 10.3 Å². The Morgan fingerprint density at radius 1 is 1.43 bits per heavy atom. The van der Waals surface area contributed by atoms with E-state index in [1.165, 1.54) is 4.90 Å². The maximum Gasteiger partial charge on any atom is 0.407 e. The number of nitrogens with one attached hydrogen (secondary N) is 1. The molecule has 1 aromatic heterocycles. The van der Waals surface area contributed by atoms with E-state index < -0.39 is 6.09 Å². The smallest absolute Gasteiger partial charge is 0.407 e. The number of carboxylic acid groups (broad SMARTS) is 1. The highest BCUT2D eigenvalue weighted by molar-refractivity contribution is 5.82. The van der Waals surface area contributed by atoms with Crippen LogP contribution < -0.4 is 5.32 Å². The lowest BCUT2D eigenvalue weighted by Crippen LogP contribution is -2.39. The van der Waals surface area contributed by atoms with Gasteiger partial charge in [0.25, 0.3) is 0 Å². The number of aromatic nitrogens is 1. The van der Waals surface area contributed by atoms with Crippen molar-refractivity contribution in [3.05, 3.63) is 30.1 Å². The normalized spacial score (nSPS) is 22.9. The Bertz CT molecular complexity index is 538. The average molecular weight is 289 g/mol. The van der Waals surface area contributed by atoms with E-state index in [1.54, 1.807) is 12.4 Å². The van der Waals surface area contributed by atoms with Gasteiger partial charge in [-0.2, -0.15) is 0 Å². The fourth-order valence-corrected chi connectivity index (χ4v) is 3.23. The van der Waals surface area contributed by atoms with Gasteiger partial charge >= 0.3 is 6.09 Å². The third kappa shape index (κ3) is 2.84. The third-order valence-electron chi connectivity index (χ3n) is 4.73. The van der Waals surface area contributed by atoms with E-state index in [9.17, 15) is 9.59 Å². The van der Waals surface area contributed by atoms with Crippen LogP contribution >= 0.6 is 0 Å². The van der Waals surface area contributed by atoms with Crippen molar-refractivity contribution >= 4 is 12.0 Å². The first-order chi connectivity index (χ1) is 10.1. The minimum atomic E-state index is -0.858. The van der Waals surface area contributed by atoms with Crippen molar-refractivity contribution in [2.45, 2.75) is 25.8 Å². The molecule has 2 N–H and O–H groups in total. The molecule has 0 aromatic carbocycles. The summed E-state index contributed by atoms with van der Waals surface area (Å²) in [4.78, 5) is 28.6. The highest BCUT2D eigenvalue weighted by Gasteiger charge is 2.58. The van der Waals surface area contributed by atoms with Crippen LogP contribution in [0.15, 0.2) is 24.5 Å². The standard InChI is InChI=1S/C15H19N3O3/c19-13(17-10-11-2-1-5-16-9-11)12-8-15(12)3-6-18(7-4-15)14(20)21/h1-2,5,9,12H,3-4,6-8,10H2,(H,17,19)(H,20,21)/t12-/m1/s1. The summed E-state index contributed by atoms with van der Waals surface area (Å²) in [7, 11) is 0. The molecule has 1 atom stereocenters. The van der Waals surface area contributed by atoms with Gasteiger partial charge in [-0.05, 0) is 36.3 Å². The fraction of sp³-hybridized carbons (Fsp3) is 0.533. The number of hydrogen-bond acceptors (Lipinski definition) is 3. The molecular weight excluding hydrogens is 270 g/mol. The summed E-state index contributed by atoms with van der Waals surface area (Å²) in [5.41, 5.74) is 1.03. The lowest BCUT2D eigenvalue weighted by atomic mass is 9.91. The van der Waals surface area contributed by atoms with Crippen molar-refractivity contribution in [3.8, 4) is 0 Å². The number of rotatable bonds is 3. The zero-order chi connectivity index (χ0) is 14.9. The molecule has 0 radical (unpaired) electrons. The van der Waals surface area contributed by atoms with Crippen LogP contribution in [0.1, 0.15) is 24.8 Å². The highest BCUT2D eigenvalue weighted by Crippen LogP contribution is 2.59. The van der Waals surface area contributed by atoms with Crippen molar-refractivity contribution in [3.63, 3.8) is 0 Å². The molecule has 2 heterocycles. The molecule has 1 aromatic rings. The first-order valence-corrected chi connectivity index (χ1v) is 7.25. The van der Waals surface area contributed by atoms with Gasteiger partial charge in [-0.1, -0.05) is 6.07 Å². The Hall–Kier alpha value is -2.11. The third-order valence-corrected chi connectivity index (χ3v) is 4.73. The Kier molecular flexibility index (Phi) is 3.53. The molecule has 6 heteroatoms. The molecule has 21 heavy (non-hydrogen) atoms. The zero-order valence-electron chi connectivity index (χ0n) is 11.8. The van der Waals surface area contributed by atoms with Crippen LogP contribution in [0.25, 0.3) is 0 Å². The number of carbonyl (C=O) groups excluding carboxylic acids is 1. The summed E-state index contributed by atoms with van der Waals surface area (Å²) in [6, 6.07) is 3.78. The molecule has 1 aliphatic heterocycles. The predicted octanol–water partition coefficient (Wildman–Crippen LogP) is 1.48. The molecule has 0 unspecified atom stereocenters. The highest BCUT2D eigenvalue weighted by atomic mass is 16.4.